The van der Waals surface area contributed by atoms with E-state index >= 15 is 0 Å². The third-order valence-electron chi connectivity index (χ3n) is 45.0. The van der Waals surface area contributed by atoms with Crippen LogP contribution in [0.2, 0.25) is 0 Å². The van der Waals surface area contributed by atoms with Crippen molar-refractivity contribution < 1.29 is 0 Å². The lowest BCUT2D eigenvalue weighted by molar-refractivity contribution is 0.155. The molecule has 0 saturated heterocycles. The summed E-state index contributed by atoms with van der Waals surface area (Å²) in [7, 11) is 0. The highest BCUT2D eigenvalue weighted by molar-refractivity contribution is 4.92. The summed E-state index contributed by atoms with van der Waals surface area (Å²) in [5, 5.41) is 0. The van der Waals surface area contributed by atoms with Gasteiger partial charge in [0.25, 0.3) is 0 Å². The second-order valence-corrected chi connectivity index (χ2v) is 56.4. The molecule has 0 aromatic rings. The molecular weight excluding hydrogens is 1690 g/mol. The number of rotatable bonds is 0. The maximum Gasteiger partial charge on any atom is -0.0297 e. The fourth-order valence-corrected chi connectivity index (χ4v) is 35.4. The van der Waals surface area contributed by atoms with Gasteiger partial charge >= 0.3 is 0 Å². The molecule has 0 heterocycles. The van der Waals surface area contributed by atoms with E-state index in [0.717, 1.165) is 48.7 Å². The molecule has 0 aliphatic heterocycles. The van der Waals surface area contributed by atoms with Gasteiger partial charge in [-0.25, -0.2) is 0 Å². The summed E-state index contributed by atoms with van der Waals surface area (Å²) >= 11 is 0. The molecule has 0 nitrogen and oxygen atoms in total. The Balaban J connectivity index is 0.000000163. The summed E-state index contributed by atoms with van der Waals surface area (Å²) in [4.78, 5) is 0. The summed E-state index contributed by atoms with van der Waals surface area (Å²) < 4.78 is 0. The summed E-state index contributed by atoms with van der Waals surface area (Å²) in [5.41, 5.74) is 7.22. The fraction of sp³-hybridized carbons (Fsp3) is 1.00. The summed E-state index contributed by atoms with van der Waals surface area (Å²) in [6.45, 7) is 0. The second kappa shape index (κ2) is 78.2. The molecule has 828 valence electrons. The molecule has 0 amide bonds. The van der Waals surface area contributed by atoms with E-state index in [-0.39, 0.29) is 0 Å². The van der Waals surface area contributed by atoms with Gasteiger partial charge in [-0.05, 0) is 280 Å². The average molecular weight is 1960 g/mol. The van der Waals surface area contributed by atoms with E-state index in [0.29, 0.717) is 0 Å². The van der Waals surface area contributed by atoms with E-state index in [9.17, 15) is 0 Å². The molecule has 141 heavy (non-hydrogen) atoms. The molecule has 18 aliphatic carbocycles. The van der Waals surface area contributed by atoms with Gasteiger partial charge in [0.2, 0.25) is 0 Å². The molecule has 0 aromatic carbocycles. The first-order chi connectivity index (χ1) is 69.7. The molecule has 0 atom stereocenters. The third kappa shape index (κ3) is 54.1. The zero-order valence-electron chi connectivity index (χ0n) is 97.8. The lowest BCUT2D eigenvalue weighted by Gasteiger charge is -2.37. The SMILES string of the molecule is C1CCCC2(CC1)CCCCCC2.C1CCCC2(CCC1)CCCCCC2.C1CCCC2(CCC1)CCCCCCC2.C1CCCCC2(CCC1)CCCCCC2.C1CCCCC2(CCC1)CCCCCCC2.C1CCCCC2(CCCC1)CCCCCC2.C1CCCCC2(CCCC1)CCCCCCC2.C1CCCCCC2(CCCC1)CCCCCC2.C1CCCCCC2(CCCC1)CCCCCCC2. The fourth-order valence-electron chi connectivity index (χ4n) is 35.4. The second-order valence-electron chi connectivity index (χ2n) is 56.4. The Morgan fingerprint density at radius 2 is 0.0638 bits per heavy atom. The average Bonchev–Trinajstić information content (AvgIpc) is 1.78. The predicted octanol–water partition coefficient (Wildman–Crippen LogP) is 51.5. The van der Waals surface area contributed by atoms with E-state index in [1.807, 2.05) is 0 Å². The van der Waals surface area contributed by atoms with Crippen LogP contribution in [-0.4, -0.2) is 0 Å². The largest absolute Gasteiger partial charge is 0.0533 e. The zero-order chi connectivity index (χ0) is 97.8. The van der Waals surface area contributed by atoms with E-state index in [2.05, 4.69) is 0 Å². The first kappa shape index (κ1) is 123. The van der Waals surface area contributed by atoms with Gasteiger partial charge in [-0.1, -0.05) is 616 Å². The number of hydrogen-bond donors (Lipinski definition) is 0. The molecule has 0 heteroatoms. The van der Waals surface area contributed by atoms with E-state index in [4.69, 9.17) is 0 Å². The topological polar surface area (TPSA) is 0 Å². The Morgan fingerprint density at radius 3 is 0.0993 bits per heavy atom. The van der Waals surface area contributed by atoms with Crippen molar-refractivity contribution in [2.75, 3.05) is 0 Å². The lowest BCUT2D eigenvalue weighted by Crippen LogP contribution is -2.23. The molecule has 0 bridgehead atoms. The maximum absolute atomic E-state index is 1.56. The van der Waals surface area contributed by atoms with Crippen molar-refractivity contribution in [1.82, 2.24) is 0 Å². The Labute approximate surface area is 890 Å². The highest BCUT2D eigenvalue weighted by atomic mass is 14.4. The highest BCUT2D eigenvalue weighted by Crippen LogP contribution is 2.54. The van der Waals surface area contributed by atoms with Crippen molar-refractivity contribution in [3.05, 3.63) is 0 Å². The van der Waals surface area contributed by atoms with Crippen LogP contribution in [0.5, 0.6) is 0 Å². The van der Waals surface area contributed by atoms with Crippen LogP contribution in [0.15, 0.2) is 0 Å². The van der Waals surface area contributed by atoms with Crippen LogP contribution in [0.3, 0.4) is 0 Å². The van der Waals surface area contributed by atoms with Crippen LogP contribution >= 0.6 is 0 Å². The van der Waals surface area contributed by atoms with Gasteiger partial charge in [0.05, 0.1) is 0 Å². The minimum absolute atomic E-state index is 0.782. The van der Waals surface area contributed by atoms with Crippen molar-refractivity contribution in [3.63, 3.8) is 0 Å². The Kier molecular flexibility index (Phi) is 68.1. The van der Waals surface area contributed by atoms with Crippen LogP contribution in [0.1, 0.15) is 848 Å². The summed E-state index contributed by atoms with van der Waals surface area (Å²) in [6.07, 6.45) is 202. The van der Waals surface area contributed by atoms with E-state index in [1.165, 1.54) is 616 Å². The minimum atomic E-state index is 0.782. The van der Waals surface area contributed by atoms with Gasteiger partial charge in [0.1, 0.15) is 0 Å². The standard InChI is InChI=1S/C18H34.2C17H32.2C16H30.2C15H28.C14H26.C13H24/c1-2-4-7-11-15-18(14-10-6-3-1)16-12-8-5-9-13-17-18;1-2-5-9-13-17(14-10-6-3-1)15-11-7-4-8-12-16-17;1-2-4-6-10-14-17(13-9-5-3-1)15-11-7-8-12-16-17;1-2-5-9-13-16(12-8-4-1)14-10-6-3-7-11-15-16;1-2-4-8-12-16(13-9-5-3-1)14-10-6-7-11-15-16;1-3-7-11-15(12-8-4-1)13-9-5-2-6-10-14-15;1-2-4-8-12-15(11-7-3-1)13-9-5-6-10-14-15;1-2-6-10-14(11-7-3-1)12-8-4-5-9-13-14;1-2-6-10-13(9-5-1)11-7-3-4-8-12-13/h1-17H2;2*1-16H2;2*1-15H2;2*1-14H2;1-13H2;1-12H2. The van der Waals surface area contributed by atoms with Crippen LogP contribution in [0, 0.1) is 48.7 Å². The zero-order valence-corrected chi connectivity index (χ0v) is 97.8. The molecule has 18 fully saturated rings. The van der Waals surface area contributed by atoms with Gasteiger partial charge in [-0.15, -0.1) is 0 Å². The van der Waals surface area contributed by atoms with E-state index in [1.54, 1.807) is 231 Å². The predicted molar refractivity (Wildman–Crippen MR) is 631 cm³/mol. The van der Waals surface area contributed by atoms with Crippen molar-refractivity contribution in [3.8, 4) is 0 Å². The lowest BCUT2D eigenvalue weighted by atomic mass is 9.69. The molecule has 0 radical (unpaired) electrons. The van der Waals surface area contributed by atoms with Gasteiger partial charge in [0.15, 0.2) is 0 Å². The van der Waals surface area contributed by atoms with Gasteiger partial charge < -0.3 is 0 Å². The monoisotopic (exact) mass is 1960 g/mol. The normalized spacial score (nSPS) is 28.6. The molecule has 9 spiro atoms. The van der Waals surface area contributed by atoms with Gasteiger partial charge in [-0.3, -0.25) is 0 Å². The van der Waals surface area contributed by atoms with Crippen molar-refractivity contribution >= 4 is 0 Å². The molecule has 0 N–H and O–H groups in total. The first-order valence-corrected chi connectivity index (χ1v) is 69.7. The molecule has 18 aliphatic rings. The maximum atomic E-state index is 1.56. The van der Waals surface area contributed by atoms with Gasteiger partial charge in [0, 0.05) is 0 Å². The van der Waals surface area contributed by atoms with Crippen molar-refractivity contribution in [2.45, 2.75) is 848 Å². The molecule has 0 aromatic heterocycles. The molecule has 18 rings (SSSR count). The smallest absolute Gasteiger partial charge is 0.0297 e. The minimum Gasteiger partial charge on any atom is -0.0533 e. The molecule has 0 unspecified atom stereocenters. The Bertz CT molecular complexity index is 2570. The van der Waals surface area contributed by atoms with Crippen LogP contribution in [0.4, 0.5) is 0 Å². The van der Waals surface area contributed by atoms with Crippen molar-refractivity contribution in [2.24, 2.45) is 48.7 Å². The van der Waals surface area contributed by atoms with Crippen LogP contribution in [0.25, 0.3) is 0 Å². The Hall–Kier alpha value is 0. The quantitative estimate of drug-likeness (QED) is 0.227. The molecular formula is C141H264. The number of hydrogen-bond acceptors (Lipinski definition) is 0. The van der Waals surface area contributed by atoms with Crippen LogP contribution < -0.4 is 0 Å². The van der Waals surface area contributed by atoms with Crippen LogP contribution in [-0.2, 0) is 0 Å². The van der Waals surface area contributed by atoms with Crippen molar-refractivity contribution in [1.29, 1.82) is 0 Å². The Morgan fingerprint density at radius 1 is 0.0355 bits per heavy atom. The highest BCUT2D eigenvalue weighted by Gasteiger charge is 2.39. The summed E-state index contributed by atoms with van der Waals surface area (Å²) in [5.74, 6) is 0. The molecule has 18 saturated carbocycles. The third-order valence-corrected chi connectivity index (χ3v) is 45.0. The summed E-state index contributed by atoms with van der Waals surface area (Å²) in [6, 6.07) is 0. The first-order valence-electron chi connectivity index (χ1n) is 69.7. The van der Waals surface area contributed by atoms with Gasteiger partial charge in [-0.2, -0.15) is 0 Å². The van der Waals surface area contributed by atoms with E-state index < -0.39 is 0 Å².